The second-order valence-electron chi connectivity index (χ2n) is 7.55. The molecule has 0 saturated carbocycles. The predicted molar refractivity (Wildman–Crippen MR) is 80.1 cm³/mol. The van der Waals surface area contributed by atoms with E-state index in [4.69, 9.17) is 4.74 Å². The summed E-state index contributed by atoms with van der Waals surface area (Å²) < 4.78 is 86.9. The molecule has 25 heavy (non-hydrogen) atoms. The molecule has 1 unspecified atom stereocenters. The molecule has 0 rings (SSSR count). The van der Waals surface area contributed by atoms with Gasteiger partial charge in [0, 0.05) is 0 Å². The van der Waals surface area contributed by atoms with Gasteiger partial charge in [-0.05, 0) is 18.8 Å². The van der Waals surface area contributed by atoms with Gasteiger partial charge >= 0.3 is 17.8 Å². The summed E-state index contributed by atoms with van der Waals surface area (Å²) in [5.41, 5.74) is -1.50. The molecule has 0 aliphatic rings. The van der Waals surface area contributed by atoms with E-state index in [1.54, 1.807) is 6.92 Å². The fourth-order valence-electron chi connectivity index (χ4n) is 1.67. The highest BCUT2D eigenvalue weighted by Gasteiger charge is 2.58. The zero-order chi connectivity index (χ0) is 20.1. The van der Waals surface area contributed by atoms with Crippen LogP contribution in [0.3, 0.4) is 0 Å². The number of ether oxygens (including phenoxy) is 2. The molecule has 3 nitrogen and oxygen atoms in total. The Hall–Kier alpha value is -0.990. The summed E-state index contributed by atoms with van der Waals surface area (Å²) >= 11 is 0. The normalized spacial score (nSPS) is 16.0. The first-order chi connectivity index (χ1) is 11.1. The van der Waals surface area contributed by atoms with Gasteiger partial charge in [-0.15, -0.1) is 0 Å². The minimum Gasteiger partial charge on any atom is -0.459 e. The Bertz CT molecular complexity index is 434. The number of carbonyl (C=O) groups excluding carboxylic acids is 1. The first-order valence-electron chi connectivity index (χ1n) is 7.85. The maximum Gasteiger partial charge on any atom is 0.343 e. The van der Waals surface area contributed by atoms with Gasteiger partial charge in [0.2, 0.25) is 6.43 Å². The second kappa shape index (κ2) is 8.60. The van der Waals surface area contributed by atoms with Crippen molar-refractivity contribution in [1.82, 2.24) is 0 Å². The van der Waals surface area contributed by atoms with Gasteiger partial charge in [0.05, 0.1) is 25.0 Å². The Balaban J connectivity index is 4.82. The van der Waals surface area contributed by atoms with Crippen LogP contribution in [0.25, 0.3) is 0 Å². The van der Waals surface area contributed by atoms with Gasteiger partial charge in [-0.2, -0.15) is 17.6 Å². The number of carbonyl (C=O) groups is 1. The van der Waals surface area contributed by atoms with Gasteiger partial charge in [0.15, 0.2) is 6.61 Å². The summed E-state index contributed by atoms with van der Waals surface area (Å²) in [4.78, 5) is 12.0. The number of alkyl halides is 6. The van der Waals surface area contributed by atoms with Crippen molar-refractivity contribution in [3.8, 4) is 0 Å². The van der Waals surface area contributed by atoms with Crippen LogP contribution in [0, 0.1) is 10.8 Å². The lowest BCUT2D eigenvalue weighted by atomic mass is 9.88. The van der Waals surface area contributed by atoms with Gasteiger partial charge in [0.1, 0.15) is 0 Å². The third-order valence-electron chi connectivity index (χ3n) is 3.56. The van der Waals surface area contributed by atoms with E-state index in [2.05, 4.69) is 4.74 Å². The minimum absolute atomic E-state index is 0.140. The molecule has 0 fully saturated rings. The van der Waals surface area contributed by atoms with Crippen LogP contribution in [0.4, 0.5) is 26.3 Å². The standard InChI is InChI=1S/C16H26F6O3/c1-6-14(5,9-24-8-13(2,3)4)12(23)25-10-16(21,22)15(19,20)7-11(17)18/h11H,6-10H2,1-5H3. The number of rotatable bonds is 10. The van der Waals surface area contributed by atoms with Crippen LogP contribution in [-0.2, 0) is 14.3 Å². The van der Waals surface area contributed by atoms with Crippen molar-refractivity contribution in [2.75, 3.05) is 19.8 Å². The molecule has 0 saturated heterocycles. The highest BCUT2D eigenvalue weighted by Crippen LogP contribution is 2.39. The van der Waals surface area contributed by atoms with E-state index in [-0.39, 0.29) is 18.4 Å². The Morgan fingerprint density at radius 3 is 1.84 bits per heavy atom. The fourth-order valence-corrected chi connectivity index (χ4v) is 1.67. The average Bonchev–Trinajstić information content (AvgIpc) is 2.41. The predicted octanol–water partition coefficient (Wildman–Crippen LogP) is 4.93. The first kappa shape index (κ1) is 24.0. The van der Waals surface area contributed by atoms with Gasteiger partial charge in [-0.25, -0.2) is 8.78 Å². The van der Waals surface area contributed by atoms with Crippen LogP contribution in [0.2, 0.25) is 0 Å². The molecule has 0 aromatic carbocycles. The molecule has 9 heteroatoms. The van der Waals surface area contributed by atoms with Gasteiger partial charge in [-0.3, -0.25) is 4.79 Å². The highest BCUT2D eigenvalue weighted by atomic mass is 19.3. The Morgan fingerprint density at radius 1 is 0.920 bits per heavy atom. The third kappa shape index (κ3) is 7.83. The molecule has 0 heterocycles. The van der Waals surface area contributed by atoms with Crippen molar-refractivity contribution in [2.24, 2.45) is 10.8 Å². The highest BCUT2D eigenvalue weighted by molar-refractivity contribution is 5.76. The maximum absolute atomic E-state index is 13.4. The summed E-state index contributed by atoms with van der Waals surface area (Å²) in [6.45, 7) is 6.83. The molecule has 150 valence electrons. The molecule has 0 radical (unpaired) electrons. The summed E-state index contributed by atoms with van der Waals surface area (Å²) in [6.07, 6.45) is -5.75. The van der Waals surface area contributed by atoms with Gasteiger partial charge in [0.25, 0.3) is 0 Å². The Labute approximate surface area is 144 Å². The number of esters is 1. The molecule has 0 aromatic rings. The summed E-state index contributed by atoms with van der Waals surface area (Å²) in [7, 11) is 0. The van der Waals surface area contributed by atoms with Crippen molar-refractivity contribution in [3.63, 3.8) is 0 Å². The minimum atomic E-state index is -4.98. The molecule has 0 amide bonds. The fraction of sp³-hybridized carbons (Fsp3) is 0.938. The van der Waals surface area contributed by atoms with E-state index in [0.29, 0.717) is 6.61 Å². The molecule has 0 aliphatic heterocycles. The molecule has 0 aromatic heterocycles. The Morgan fingerprint density at radius 2 is 1.44 bits per heavy atom. The SMILES string of the molecule is CCC(C)(COCC(C)(C)C)C(=O)OCC(F)(F)C(F)(F)CC(F)F. The average molecular weight is 380 g/mol. The Kier molecular flexibility index (Phi) is 8.26. The van der Waals surface area contributed by atoms with E-state index in [9.17, 15) is 31.1 Å². The van der Waals surface area contributed by atoms with Crippen molar-refractivity contribution in [2.45, 2.75) is 65.7 Å². The molecular weight excluding hydrogens is 354 g/mol. The van der Waals surface area contributed by atoms with E-state index < -0.39 is 42.7 Å². The lowest BCUT2D eigenvalue weighted by molar-refractivity contribution is -0.245. The zero-order valence-electron chi connectivity index (χ0n) is 15.1. The summed E-state index contributed by atoms with van der Waals surface area (Å²) in [5, 5.41) is 0. The summed E-state index contributed by atoms with van der Waals surface area (Å²) in [6, 6.07) is 0. The first-order valence-corrected chi connectivity index (χ1v) is 7.85. The van der Waals surface area contributed by atoms with Crippen LogP contribution in [0.5, 0.6) is 0 Å². The van der Waals surface area contributed by atoms with Gasteiger partial charge < -0.3 is 9.47 Å². The lowest BCUT2D eigenvalue weighted by Crippen LogP contribution is -2.47. The van der Waals surface area contributed by atoms with E-state index in [1.165, 1.54) is 6.92 Å². The van der Waals surface area contributed by atoms with Crippen molar-refractivity contribution < 1.29 is 40.6 Å². The van der Waals surface area contributed by atoms with Gasteiger partial charge in [-0.1, -0.05) is 27.7 Å². The quantitative estimate of drug-likeness (QED) is 0.398. The molecule has 0 aliphatic carbocycles. The summed E-state index contributed by atoms with van der Waals surface area (Å²) in [5.74, 6) is -11.0. The van der Waals surface area contributed by atoms with Crippen LogP contribution in [-0.4, -0.2) is 44.1 Å². The van der Waals surface area contributed by atoms with E-state index >= 15 is 0 Å². The maximum atomic E-state index is 13.4. The van der Waals surface area contributed by atoms with Crippen molar-refractivity contribution in [3.05, 3.63) is 0 Å². The smallest absolute Gasteiger partial charge is 0.343 e. The van der Waals surface area contributed by atoms with Crippen molar-refractivity contribution >= 4 is 5.97 Å². The molecule has 0 N–H and O–H groups in total. The largest absolute Gasteiger partial charge is 0.459 e. The number of hydrogen-bond donors (Lipinski definition) is 0. The van der Waals surface area contributed by atoms with E-state index in [0.717, 1.165) is 0 Å². The third-order valence-corrected chi connectivity index (χ3v) is 3.56. The van der Waals surface area contributed by atoms with Crippen LogP contribution in [0.1, 0.15) is 47.5 Å². The lowest BCUT2D eigenvalue weighted by Gasteiger charge is -2.30. The molecule has 0 bridgehead atoms. The topological polar surface area (TPSA) is 35.5 Å². The van der Waals surface area contributed by atoms with Crippen LogP contribution in [0.15, 0.2) is 0 Å². The molecule has 1 atom stereocenters. The molecular formula is C16H26F6O3. The van der Waals surface area contributed by atoms with Crippen molar-refractivity contribution in [1.29, 1.82) is 0 Å². The van der Waals surface area contributed by atoms with Crippen LogP contribution >= 0.6 is 0 Å². The molecule has 0 spiro atoms. The van der Waals surface area contributed by atoms with E-state index in [1.807, 2.05) is 20.8 Å². The number of halogens is 6. The van der Waals surface area contributed by atoms with Crippen LogP contribution < -0.4 is 0 Å². The second-order valence-corrected chi connectivity index (χ2v) is 7.55. The monoisotopic (exact) mass is 380 g/mol. The zero-order valence-corrected chi connectivity index (χ0v) is 15.1. The number of hydrogen-bond acceptors (Lipinski definition) is 3.